The lowest BCUT2D eigenvalue weighted by atomic mass is 10.4. The molecule has 1 aliphatic rings. The van der Waals surface area contributed by atoms with Crippen molar-refractivity contribution in [2.45, 2.75) is 5.03 Å². The number of rotatable bonds is 2. The smallest absolute Gasteiger partial charge is 0.319 e. The van der Waals surface area contributed by atoms with Crippen molar-refractivity contribution in [1.82, 2.24) is 24.1 Å². The summed E-state index contributed by atoms with van der Waals surface area (Å²) >= 11 is 0. The van der Waals surface area contributed by atoms with Crippen LogP contribution in [0.1, 0.15) is 0 Å². The highest BCUT2D eigenvalue weighted by molar-refractivity contribution is 7.89. The predicted octanol–water partition coefficient (Wildman–Crippen LogP) is -0.602. The van der Waals surface area contributed by atoms with E-state index >= 15 is 0 Å². The van der Waals surface area contributed by atoms with Gasteiger partial charge in [-0.3, -0.25) is 0 Å². The van der Waals surface area contributed by atoms with Crippen LogP contribution in [0.15, 0.2) is 17.6 Å². The van der Waals surface area contributed by atoms with Crippen molar-refractivity contribution in [1.29, 1.82) is 0 Å². The van der Waals surface area contributed by atoms with Crippen molar-refractivity contribution < 1.29 is 13.2 Å². The molecule has 1 aliphatic heterocycles. The third-order valence-electron chi connectivity index (χ3n) is 2.98. The molecule has 0 aliphatic carbocycles. The first-order valence-corrected chi connectivity index (χ1v) is 7.31. The number of hydrogen-bond donors (Lipinski definition) is 1. The Morgan fingerprint density at radius 2 is 1.95 bits per heavy atom. The zero-order valence-corrected chi connectivity index (χ0v) is 11.7. The number of hydrogen-bond acceptors (Lipinski definition) is 4. The summed E-state index contributed by atoms with van der Waals surface area (Å²) in [6, 6.07) is -0.0985. The molecule has 0 aromatic carbocycles. The number of amides is 2. The summed E-state index contributed by atoms with van der Waals surface area (Å²) in [5.74, 6) is 0. The Morgan fingerprint density at radius 3 is 2.42 bits per heavy atom. The molecule has 106 valence electrons. The van der Waals surface area contributed by atoms with Gasteiger partial charge in [0.25, 0.3) is 10.0 Å². The Bertz CT molecular complexity index is 532. The van der Waals surface area contributed by atoms with Crippen LogP contribution in [0.5, 0.6) is 0 Å². The number of nitrogens with zero attached hydrogens (tertiary/aromatic N) is 4. The van der Waals surface area contributed by atoms with Crippen molar-refractivity contribution in [3.8, 4) is 0 Å². The highest BCUT2D eigenvalue weighted by atomic mass is 32.2. The van der Waals surface area contributed by atoms with Gasteiger partial charge in [0.1, 0.15) is 0 Å². The highest BCUT2D eigenvalue weighted by Gasteiger charge is 2.31. The van der Waals surface area contributed by atoms with Gasteiger partial charge in [-0.2, -0.15) is 4.31 Å². The molecule has 0 bridgehead atoms. The van der Waals surface area contributed by atoms with E-state index in [4.69, 9.17) is 0 Å². The standard InChI is InChI=1S/C10H17N5O3S/c1-13(2)10(16)14-3-5-15(6-4-14)19(17,18)9-7-11-8-12-9/h7-8H,3-6H2,1-2H3,(H,11,12). The third-order valence-corrected chi connectivity index (χ3v) is 4.81. The molecule has 2 rings (SSSR count). The SMILES string of the molecule is CN(C)C(=O)N1CCN(S(=O)(=O)c2cnc[nH]2)CC1. The maximum Gasteiger partial charge on any atom is 0.319 e. The largest absolute Gasteiger partial charge is 0.335 e. The molecule has 9 heteroatoms. The zero-order valence-electron chi connectivity index (χ0n) is 10.9. The minimum Gasteiger partial charge on any atom is -0.335 e. The number of urea groups is 1. The molecule has 0 spiro atoms. The van der Waals surface area contributed by atoms with E-state index in [0.717, 1.165) is 0 Å². The number of aromatic amines is 1. The maximum atomic E-state index is 12.2. The quantitative estimate of drug-likeness (QED) is 0.786. The first kappa shape index (κ1) is 13.8. The Kier molecular flexibility index (Phi) is 3.76. The maximum absolute atomic E-state index is 12.2. The van der Waals surface area contributed by atoms with Gasteiger partial charge in [0, 0.05) is 40.3 Å². The van der Waals surface area contributed by atoms with Crippen molar-refractivity contribution in [2.75, 3.05) is 40.3 Å². The van der Waals surface area contributed by atoms with Gasteiger partial charge >= 0.3 is 6.03 Å². The number of imidazole rings is 1. The minimum atomic E-state index is -3.52. The zero-order chi connectivity index (χ0) is 14.0. The van der Waals surface area contributed by atoms with Crippen LogP contribution in [0.4, 0.5) is 4.79 Å². The molecule has 1 saturated heterocycles. The van der Waals surface area contributed by atoms with Crippen LogP contribution in [0.3, 0.4) is 0 Å². The normalized spacial score (nSPS) is 17.5. The molecule has 2 heterocycles. The Labute approximate surface area is 112 Å². The fraction of sp³-hybridized carbons (Fsp3) is 0.600. The van der Waals surface area contributed by atoms with Crippen LogP contribution in [0.2, 0.25) is 0 Å². The molecule has 8 nitrogen and oxygen atoms in total. The monoisotopic (exact) mass is 287 g/mol. The fourth-order valence-corrected chi connectivity index (χ4v) is 3.24. The molecule has 19 heavy (non-hydrogen) atoms. The topological polar surface area (TPSA) is 89.6 Å². The van der Waals surface area contributed by atoms with Crippen LogP contribution in [-0.4, -0.2) is 78.8 Å². The van der Waals surface area contributed by atoms with Crippen LogP contribution in [0.25, 0.3) is 0 Å². The number of aromatic nitrogens is 2. The van der Waals surface area contributed by atoms with Gasteiger partial charge in [-0.1, -0.05) is 0 Å². The number of carbonyl (C=O) groups excluding carboxylic acids is 1. The van der Waals surface area contributed by atoms with E-state index in [1.165, 1.54) is 21.7 Å². The summed E-state index contributed by atoms with van der Waals surface area (Å²) in [6.07, 6.45) is 2.62. The molecule has 1 aromatic heterocycles. The average Bonchev–Trinajstić information content (AvgIpc) is 2.92. The summed E-state index contributed by atoms with van der Waals surface area (Å²) in [7, 11) is -0.171. The minimum absolute atomic E-state index is 0.0832. The van der Waals surface area contributed by atoms with Crippen LogP contribution in [-0.2, 0) is 10.0 Å². The molecule has 1 N–H and O–H groups in total. The number of nitrogens with one attached hydrogen (secondary N) is 1. The lowest BCUT2D eigenvalue weighted by Crippen LogP contribution is -2.52. The second-order valence-electron chi connectivity index (χ2n) is 4.48. The number of piperazine rings is 1. The number of carbonyl (C=O) groups is 1. The summed E-state index contributed by atoms with van der Waals surface area (Å²) in [5.41, 5.74) is 0. The second-order valence-corrected chi connectivity index (χ2v) is 6.39. The molecule has 0 atom stereocenters. The van der Waals surface area contributed by atoms with E-state index in [2.05, 4.69) is 9.97 Å². The van der Waals surface area contributed by atoms with Gasteiger partial charge in [-0.25, -0.2) is 18.2 Å². The van der Waals surface area contributed by atoms with Crippen LogP contribution < -0.4 is 0 Å². The Morgan fingerprint density at radius 1 is 1.32 bits per heavy atom. The lowest BCUT2D eigenvalue weighted by molar-refractivity contribution is 0.149. The van der Waals surface area contributed by atoms with E-state index in [-0.39, 0.29) is 11.1 Å². The molecule has 0 saturated carbocycles. The molecule has 2 amide bonds. The molecule has 0 radical (unpaired) electrons. The number of H-pyrrole nitrogens is 1. The summed E-state index contributed by atoms with van der Waals surface area (Å²) in [4.78, 5) is 21.2. The average molecular weight is 287 g/mol. The van der Waals surface area contributed by atoms with E-state index in [0.29, 0.717) is 26.2 Å². The van der Waals surface area contributed by atoms with E-state index in [1.54, 1.807) is 19.0 Å². The van der Waals surface area contributed by atoms with Crippen LogP contribution in [0, 0.1) is 0 Å². The molecule has 0 unspecified atom stereocenters. The van der Waals surface area contributed by atoms with Gasteiger partial charge < -0.3 is 14.8 Å². The molecular weight excluding hydrogens is 270 g/mol. The molecule has 1 aromatic rings. The molecular formula is C10H17N5O3S. The third kappa shape index (κ3) is 2.71. The first-order valence-electron chi connectivity index (χ1n) is 5.87. The number of sulfonamides is 1. The molecule has 1 fully saturated rings. The van der Waals surface area contributed by atoms with Crippen molar-refractivity contribution in [3.05, 3.63) is 12.5 Å². The van der Waals surface area contributed by atoms with E-state index in [9.17, 15) is 13.2 Å². The van der Waals surface area contributed by atoms with Gasteiger partial charge in [-0.05, 0) is 0 Å². The first-order chi connectivity index (χ1) is 8.93. The predicted molar refractivity (Wildman–Crippen MR) is 68.0 cm³/mol. The Balaban J connectivity index is 2.03. The highest BCUT2D eigenvalue weighted by Crippen LogP contribution is 2.15. The summed E-state index contributed by atoms with van der Waals surface area (Å²) in [5, 5.41) is 0.0832. The van der Waals surface area contributed by atoms with Gasteiger partial charge in [0.05, 0.1) is 12.5 Å². The van der Waals surface area contributed by atoms with Gasteiger partial charge in [0.15, 0.2) is 5.03 Å². The van der Waals surface area contributed by atoms with Crippen molar-refractivity contribution >= 4 is 16.1 Å². The van der Waals surface area contributed by atoms with Gasteiger partial charge in [0.2, 0.25) is 0 Å². The van der Waals surface area contributed by atoms with Crippen molar-refractivity contribution in [2.24, 2.45) is 0 Å². The second kappa shape index (κ2) is 5.17. The lowest BCUT2D eigenvalue weighted by Gasteiger charge is -2.34. The Hall–Kier alpha value is -1.61. The van der Waals surface area contributed by atoms with Crippen molar-refractivity contribution in [3.63, 3.8) is 0 Å². The summed E-state index contributed by atoms with van der Waals surface area (Å²) < 4.78 is 25.8. The summed E-state index contributed by atoms with van der Waals surface area (Å²) in [6.45, 7) is 1.37. The van der Waals surface area contributed by atoms with E-state index < -0.39 is 10.0 Å². The van der Waals surface area contributed by atoms with E-state index in [1.807, 2.05) is 0 Å². The fourth-order valence-electron chi connectivity index (χ4n) is 1.93. The van der Waals surface area contributed by atoms with Gasteiger partial charge in [-0.15, -0.1) is 0 Å². The van der Waals surface area contributed by atoms with Crippen LogP contribution >= 0.6 is 0 Å².